The van der Waals surface area contributed by atoms with Crippen LogP contribution in [0.5, 0.6) is 0 Å². The van der Waals surface area contributed by atoms with Gasteiger partial charge < -0.3 is 10.5 Å². The summed E-state index contributed by atoms with van der Waals surface area (Å²) < 4.78 is 5.28. The first-order valence-electron chi connectivity index (χ1n) is 4.72. The van der Waals surface area contributed by atoms with E-state index in [2.05, 4.69) is 0 Å². The van der Waals surface area contributed by atoms with Gasteiger partial charge in [-0.25, -0.2) is 0 Å². The van der Waals surface area contributed by atoms with Crippen LogP contribution in [0.1, 0.15) is 12.8 Å². The van der Waals surface area contributed by atoms with Gasteiger partial charge in [-0.3, -0.25) is 4.79 Å². The number of rotatable bonds is 1. The van der Waals surface area contributed by atoms with Crippen molar-refractivity contribution in [3.8, 4) is 0 Å². The monoisotopic (exact) mass is 167 g/mol. The Morgan fingerprint density at radius 1 is 1.50 bits per heavy atom. The lowest BCUT2D eigenvalue weighted by Crippen LogP contribution is -2.31. The van der Waals surface area contributed by atoms with Gasteiger partial charge in [0.1, 0.15) is 6.10 Å². The third-order valence-electron chi connectivity index (χ3n) is 3.93. The summed E-state index contributed by atoms with van der Waals surface area (Å²) in [6, 6.07) is 0. The fraction of sp³-hybridized carbons (Fsp3) is 0.889. The Hall–Kier alpha value is -0.570. The molecular weight excluding hydrogens is 154 g/mol. The Morgan fingerprint density at radius 3 is 3.08 bits per heavy atom. The molecule has 1 heterocycles. The highest BCUT2D eigenvalue weighted by Gasteiger charge is 2.61. The Labute approximate surface area is 71.3 Å². The summed E-state index contributed by atoms with van der Waals surface area (Å²) in [6.45, 7) is 0.660. The first-order valence-corrected chi connectivity index (χ1v) is 4.72. The molecule has 0 aromatic heterocycles. The number of hydrogen-bond donors (Lipinski definition) is 1. The third-order valence-corrected chi connectivity index (χ3v) is 3.93. The normalized spacial score (nSPS) is 54.8. The lowest BCUT2D eigenvalue weighted by atomic mass is 9.80. The first kappa shape index (κ1) is 6.89. The highest BCUT2D eigenvalue weighted by Crippen LogP contribution is 2.57. The van der Waals surface area contributed by atoms with Gasteiger partial charge in [-0.1, -0.05) is 0 Å². The van der Waals surface area contributed by atoms with Gasteiger partial charge in [-0.05, 0) is 31.2 Å². The zero-order valence-electron chi connectivity index (χ0n) is 6.90. The molecule has 5 unspecified atom stereocenters. The van der Waals surface area contributed by atoms with Gasteiger partial charge in [0.2, 0.25) is 0 Å². The quantitative estimate of drug-likeness (QED) is 0.565. The molecule has 3 fully saturated rings. The molecule has 3 aliphatic rings. The molecule has 1 aliphatic heterocycles. The average molecular weight is 167 g/mol. The predicted octanol–water partition coefficient (Wildman–Crippen LogP) is 0.143. The Bertz CT molecular complexity index is 239. The highest BCUT2D eigenvalue weighted by atomic mass is 16.6. The molecule has 3 rings (SSSR count). The van der Waals surface area contributed by atoms with Crippen molar-refractivity contribution in [1.82, 2.24) is 0 Å². The molecule has 0 spiro atoms. The zero-order valence-corrected chi connectivity index (χ0v) is 6.90. The fourth-order valence-electron chi connectivity index (χ4n) is 3.46. The second-order valence-corrected chi connectivity index (χ2v) is 4.30. The van der Waals surface area contributed by atoms with Gasteiger partial charge in [0.25, 0.3) is 0 Å². The predicted molar refractivity (Wildman–Crippen MR) is 42.1 cm³/mol. The summed E-state index contributed by atoms with van der Waals surface area (Å²) in [6.07, 6.45) is 2.52. The van der Waals surface area contributed by atoms with Crippen LogP contribution in [0, 0.1) is 23.7 Å². The fourth-order valence-corrected chi connectivity index (χ4v) is 3.46. The van der Waals surface area contributed by atoms with Crippen molar-refractivity contribution < 1.29 is 9.53 Å². The molecule has 3 heteroatoms. The van der Waals surface area contributed by atoms with Crippen LogP contribution in [0.15, 0.2) is 0 Å². The number of carbonyl (C=O) groups excluding carboxylic acids is 1. The summed E-state index contributed by atoms with van der Waals surface area (Å²) >= 11 is 0. The molecule has 5 atom stereocenters. The van der Waals surface area contributed by atoms with Gasteiger partial charge in [-0.2, -0.15) is 0 Å². The maximum atomic E-state index is 11.4. The molecule has 2 N–H and O–H groups in total. The van der Waals surface area contributed by atoms with Crippen molar-refractivity contribution in [3.63, 3.8) is 0 Å². The molecule has 0 aromatic carbocycles. The lowest BCUT2D eigenvalue weighted by Gasteiger charge is -2.22. The van der Waals surface area contributed by atoms with Crippen LogP contribution in [-0.4, -0.2) is 18.6 Å². The Morgan fingerprint density at radius 2 is 2.33 bits per heavy atom. The molecule has 0 radical (unpaired) electrons. The van der Waals surface area contributed by atoms with Gasteiger partial charge in [0, 0.05) is 5.92 Å². The molecule has 66 valence electrons. The lowest BCUT2D eigenvalue weighted by molar-refractivity contribution is -0.144. The van der Waals surface area contributed by atoms with E-state index in [1.54, 1.807) is 0 Å². The maximum Gasteiger partial charge on any atom is 0.309 e. The summed E-state index contributed by atoms with van der Waals surface area (Å²) in [5, 5.41) is 0. The van der Waals surface area contributed by atoms with Gasteiger partial charge >= 0.3 is 5.97 Å². The zero-order chi connectivity index (χ0) is 8.29. The number of ether oxygens (including phenoxy) is 1. The van der Waals surface area contributed by atoms with Gasteiger partial charge in [0.15, 0.2) is 0 Å². The minimum absolute atomic E-state index is 0.0282. The van der Waals surface area contributed by atoms with E-state index in [0.717, 1.165) is 6.42 Å². The van der Waals surface area contributed by atoms with E-state index in [9.17, 15) is 4.79 Å². The minimum atomic E-state index is 0.0282. The van der Waals surface area contributed by atoms with Crippen molar-refractivity contribution in [3.05, 3.63) is 0 Å². The van der Waals surface area contributed by atoms with E-state index in [1.807, 2.05) is 0 Å². The number of carbonyl (C=O) groups is 1. The molecule has 2 bridgehead atoms. The van der Waals surface area contributed by atoms with E-state index in [4.69, 9.17) is 10.5 Å². The van der Waals surface area contributed by atoms with E-state index in [-0.39, 0.29) is 18.0 Å². The largest absolute Gasteiger partial charge is 0.462 e. The SMILES string of the molecule is NCC1C2CC3OC(=O)C1C3C2. The van der Waals surface area contributed by atoms with Gasteiger partial charge in [0.05, 0.1) is 5.92 Å². The number of hydrogen-bond acceptors (Lipinski definition) is 3. The summed E-state index contributed by atoms with van der Waals surface area (Å²) in [7, 11) is 0. The van der Waals surface area contributed by atoms with Crippen LogP contribution in [0.3, 0.4) is 0 Å². The van der Waals surface area contributed by atoms with Crippen molar-refractivity contribution in [2.45, 2.75) is 18.9 Å². The molecule has 2 aliphatic carbocycles. The number of fused-ring (bicyclic) bond motifs is 1. The standard InChI is InChI=1S/C9H13NO2/c10-3-6-4-1-5-7(2-4)12-9(11)8(5)6/h4-8H,1-3,10H2. The van der Waals surface area contributed by atoms with Crippen LogP contribution in [-0.2, 0) is 9.53 Å². The highest BCUT2D eigenvalue weighted by molar-refractivity contribution is 5.77. The topological polar surface area (TPSA) is 52.3 Å². The average Bonchev–Trinajstić information content (AvgIpc) is 2.61. The van der Waals surface area contributed by atoms with E-state index >= 15 is 0 Å². The molecule has 0 aromatic rings. The van der Waals surface area contributed by atoms with Crippen LogP contribution >= 0.6 is 0 Å². The van der Waals surface area contributed by atoms with Crippen molar-refractivity contribution >= 4 is 5.97 Å². The third kappa shape index (κ3) is 0.600. The van der Waals surface area contributed by atoms with E-state index in [0.29, 0.717) is 24.3 Å². The van der Waals surface area contributed by atoms with Gasteiger partial charge in [-0.15, -0.1) is 0 Å². The number of esters is 1. The van der Waals surface area contributed by atoms with Crippen LogP contribution in [0.2, 0.25) is 0 Å². The van der Waals surface area contributed by atoms with Crippen LogP contribution in [0.25, 0.3) is 0 Å². The van der Waals surface area contributed by atoms with Crippen molar-refractivity contribution in [2.24, 2.45) is 29.4 Å². The summed E-state index contributed by atoms with van der Waals surface area (Å²) in [4.78, 5) is 11.4. The first-order chi connectivity index (χ1) is 5.81. The van der Waals surface area contributed by atoms with E-state index in [1.165, 1.54) is 6.42 Å². The van der Waals surface area contributed by atoms with Crippen LogP contribution in [0.4, 0.5) is 0 Å². The van der Waals surface area contributed by atoms with Crippen molar-refractivity contribution in [2.75, 3.05) is 6.54 Å². The second kappa shape index (κ2) is 2.02. The minimum Gasteiger partial charge on any atom is -0.462 e. The van der Waals surface area contributed by atoms with Crippen LogP contribution < -0.4 is 5.73 Å². The second-order valence-electron chi connectivity index (χ2n) is 4.30. The maximum absolute atomic E-state index is 11.4. The number of nitrogens with two attached hydrogens (primary N) is 1. The molecule has 0 amide bonds. The Kier molecular flexibility index (Phi) is 1.16. The molecule has 12 heavy (non-hydrogen) atoms. The summed E-state index contributed by atoms with van der Waals surface area (Å²) in [5.74, 6) is 1.83. The molecule has 1 saturated heterocycles. The molecular formula is C9H13NO2. The molecule has 2 saturated carbocycles. The molecule has 3 nitrogen and oxygen atoms in total. The summed E-state index contributed by atoms with van der Waals surface area (Å²) in [5.41, 5.74) is 5.66. The van der Waals surface area contributed by atoms with Crippen molar-refractivity contribution in [1.29, 1.82) is 0 Å². The smallest absolute Gasteiger partial charge is 0.309 e. The Balaban J connectivity index is 1.98. The van der Waals surface area contributed by atoms with E-state index < -0.39 is 0 Å².